The fraction of sp³-hybridized carbons (Fsp3) is 0.308. The Bertz CT molecular complexity index is 566. The first-order valence-electron chi connectivity index (χ1n) is 5.85. The van der Waals surface area contributed by atoms with Gasteiger partial charge in [-0.25, -0.2) is 4.90 Å². The van der Waals surface area contributed by atoms with Crippen LogP contribution in [-0.2, 0) is 9.53 Å². The molecule has 0 radical (unpaired) electrons. The highest BCUT2D eigenvalue weighted by Gasteiger charge is 2.40. The Morgan fingerprint density at radius 1 is 1.32 bits per heavy atom. The summed E-state index contributed by atoms with van der Waals surface area (Å²) in [6.45, 7) is 3.20. The van der Waals surface area contributed by atoms with Gasteiger partial charge in [0.1, 0.15) is 6.61 Å². The van der Waals surface area contributed by atoms with Crippen LogP contribution in [0.2, 0.25) is 0 Å². The first-order valence-corrected chi connectivity index (χ1v) is 5.85. The maximum absolute atomic E-state index is 12.1. The highest BCUT2D eigenvalue weighted by molar-refractivity contribution is 6.30. The zero-order valence-corrected chi connectivity index (χ0v) is 10.7. The van der Waals surface area contributed by atoms with Crippen LogP contribution < -0.4 is 5.73 Å². The average molecular weight is 262 g/mol. The summed E-state index contributed by atoms with van der Waals surface area (Å²) in [5, 5.41) is 0. The van der Waals surface area contributed by atoms with E-state index in [1.807, 2.05) is 0 Å². The van der Waals surface area contributed by atoms with Crippen molar-refractivity contribution in [3.05, 3.63) is 29.3 Å². The van der Waals surface area contributed by atoms with E-state index in [9.17, 15) is 14.4 Å². The highest BCUT2D eigenvalue weighted by atomic mass is 16.5. The third-order valence-corrected chi connectivity index (χ3v) is 2.74. The Labute approximate surface area is 110 Å². The first-order chi connectivity index (χ1) is 8.93. The van der Waals surface area contributed by atoms with Gasteiger partial charge in [0, 0.05) is 5.69 Å². The van der Waals surface area contributed by atoms with Crippen LogP contribution in [0.3, 0.4) is 0 Å². The second-order valence-electron chi connectivity index (χ2n) is 4.47. The van der Waals surface area contributed by atoms with Crippen LogP contribution in [0, 0.1) is 0 Å². The molecule has 0 saturated heterocycles. The Kier molecular flexibility index (Phi) is 3.35. The summed E-state index contributed by atoms with van der Waals surface area (Å²) in [7, 11) is 0. The van der Waals surface area contributed by atoms with Crippen LogP contribution in [0.25, 0.3) is 0 Å². The molecule has 0 bridgehead atoms. The topological polar surface area (TPSA) is 89.7 Å². The standard InChI is InChI=1S/C13H14N2O4/c1-7(2)19-6-10(16)15-12(17)8-4-3-5-9(14)11(8)13(15)18/h3-5,7H,6,14H2,1-2H3. The van der Waals surface area contributed by atoms with E-state index in [2.05, 4.69) is 0 Å². The number of amides is 3. The van der Waals surface area contributed by atoms with Crippen LogP contribution >= 0.6 is 0 Å². The molecule has 0 atom stereocenters. The molecule has 1 aliphatic heterocycles. The van der Waals surface area contributed by atoms with Crippen LogP contribution in [0.1, 0.15) is 34.6 Å². The number of carbonyl (C=O) groups excluding carboxylic acids is 3. The van der Waals surface area contributed by atoms with Gasteiger partial charge in [-0.05, 0) is 26.0 Å². The molecule has 1 aliphatic rings. The molecule has 6 heteroatoms. The molecule has 1 aromatic rings. The van der Waals surface area contributed by atoms with Gasteiger partial charge in [0.25, 0.3) is 17.7 Å². The molecule has 0 aliphatic carbocycles. The summed E-state index contributed by atoms with van der Waals surface area (Å²) in [4.78, 5) is 36.5. The molecule has 100 valence electrons. The molecular weight excluding hydrogens is 248 g/mol. The van der Waals surface area contributed by atoms with E-state index in [1.165, 1.54) is 12.1 Å². The molecule has 19 heavy (non-hydrogen) atoms. The van der Waals surface area contributed by atoms with E-state index in [0.29, 0.717) is 4.90 Å². The van der Waals surface area contributed by atoms with Gasteiger partial charge in [-0.3, -0.25) is 14.4 Å². The number of benzene rings is 1. The molecule has 3 amide bonds. The van der Waals surface area contributed by atoms with Gasteiger partial charge in [-0.1, -0.05) is 6.07 Å². The third-order valence-electron chi connectivity index (χ3n) is 2.74. The monoisotopic (exact) mass is 262 g/mol. The highest BCUT2D eigenvalue weighted by Crippen LogP contribution is 2.27. The number of nitrogens with two attached hydrogens (primary N) is 1. The summed E-state index contributed by atoms with van der Waals surface area (Å²) in [5.74, 6) is -2.01. The van der Waals surface area contributed by atoms with Crippen molar-refractivity contribution >= 4 is 23.4 Å². The van der Waals surface area contributed by atoms with Gasteiger partial charge in [0.05, 0.1) is 17.2 Å². The van der Waals surface area contributed by atoms with E-state index in [-0.39, 0.29) is 29.5 Å². The van der Waals surface area contributed by atoms with E-state index in [4.69, 9.17) is 10.5 Å². The zero-order chi connectivity index (χ0) is 14.2. The third kappa shape index (κ3) is 2.22. The molecule has 6 nitrogen and oxygen atoms in total. The molecule has 2 N–H and O–H groups in total. The molecule has 1 aromatic carbocycles. The predicted molar refractivity (Wildman–Crippen MR) is 67.4 cm³/mol. The fourth-order valence-electron chi connectivity index (χ4n) is 1.84. The fourth-order valence-corrected chi connectivity index (χ4v) is 1.84. The maximum Gasteiger partial charge on any atom is 0.270 e. The number of fused-ring (bicyclic) bond motifs is 1. The van der Waals surface area contributed by atoms with E-state index < -0.39 is 17.7 Å². The van der Waals surface area contributed by atoms with Gasteiger partial charge in [0.2, 0.25) is 0 Å². The SMILES string of the molecule is CC(C)OCC(=O)N1C(=O)c2cccc(N)c2C1=O. The summed E-state index contributed by atoms with van der Waals surface area (Å²) >= 11 is 0. The number of imide groups is 3. The van der Waals surface area contributed by atoms with Crippen molar-refractivity contribution in [2.45, 2.75) is 20.0 Å². The van der Waals surface area contributed by atoms with Crippen LogP contribution in [0.5, 0.6) is 0 Å². The van der Waals surface area contributed by atoms with Crippen molar-refractivity contribution < 1.29 is 19.1 Å². The largest absolute Gasteiger partial charge is 0.398 e. The lowest BCUT2D eigenvalue weighted by molar-refractivity contribution is -0.132. The van der Waals surface area contributed by atoms with Crippen molar-refractivity contribution in [2.75, 3.05) is 12.3 Å². The number of anilines is 1. The van der Waals surface area contributed by atoms with Gasteiger partial charge in [0.15, 0.2) is 0 Å². The average Bonchev–Trinajstić information content (AvgIpc) is 2.60. The number of rotatable bonds is 3. The zero-order valence-electron chi connectivity index (χ0n) is 10.7. The lowest BCUT2D eigenvalue weighted by atomic mass is 10.1. The quantitative estimate of drug-likeness (QED) is 0.643. The van der Waals surface area contributed by atoms with Crippen LogP contribution in [0.15, 0.2) is 18.2 Å². The van der Waals surface area contributed by atoms with Gasteiger partial charge in [-0.15, -0.1) is 0 Å². The second-order valence-corrected chi connectivity index (χ2v) is 4.47. The summed E-state index contributed by atoms with van der Waals surface area (Å²) in [5.41, 5.74) is 6.10. The van der Waals surface area contributed by atoms with Crippen molar-refractivity contribution in [1.82, 2.24) is 4.90 Å². The van der Waals surface area contributed by atoms with Gasteiger partial charge < -0.3 is 10.5 Å². The summed E-state index contributed by atoms with van der Waals surface area (Å²) in [6.07, 6.45) is -0.163. The number of hydrogen-bond acceptors (Lipinski definition) is 5. The van der Waals surface area contributed by atoms with E-state index >= 15 is 0 Å². The molecule has 0 aromatic heterocycles. The van der Waals surface area contributed by atoms with E-state index in [0.717, 1.165) is 0 Å². The lowest BCUT2D eigenvalue weighted by Crippen LogP contribution is -2.39. The predicted octanol–water partition coefficient (Wildman–Crippen LogP) is 0.816. The Morgan fingerprint density at radius 3 is 2.58 bits per heavy atom. The maximum atomic E-state index is 12.1. The molecule has 2 rings (SSSR count). The number of nitrogen functional groups attached to an aromatic ring is 1. The molecule has 1 heterocycles. The molecule has 0 spiro atoms. The Hall–Kier alpha value is -2.21. The minimum Gasteiger partial charge on any atom is -0.398 e. The Balaban J connectivity index is 2.28. The number of hydrogen-bond donors (Lipinski definition) is 1. The minimum absolute atomic E-state index is 0.0883. The first kappa shape index (κ1) is 13.2. The van der Waals surface area contributed by atoms with Crippen molar-refractivity contribution in [3.63, 3.8) is 0 Å². The van der Waals surface area contributed by atoms with Crippen molar-refractivity contribution in [3.8, 4) is 0 Å². The van der Waals surface area contributed by atoms with Crippen LogP contribution in [0.4, 0.5) is 5.69 Å². The molecule has 0 fully saturated rings. The van der Waals surface area contributed by atoms with Crippen molar-refractivity contribution in [2.24, 2.45) is 0 Å². The second kappa shape index (κ2) is 4.81. The minimum atomic E-state index is -0.685. The van der Waals surface area contributed by atoms with Crippen molar-refractivity contribution in [1.29, 1.82) is 0 Å². The number of carbonyl (C=O) groups is 3. The number of ether oxygens (including phenoxy) is 1. The normalized spacial score (nSPS) is 14.2. The van der Waals surface area contributed by atoms with Gasteiger partial charge >= 0.3 is 0 Å². The smallest absolute Gasteiger partial charge is 0.270 e. The molecular formula is C13H14N2O4. The Morgan fingerprint density at radius 2 is 2.00 bits per heavy atom. The van der Waals surface area contributed by atoms with E-state index in [1.54, 1.807) is 19.9 Å². The molecule has 0 unspecified atom stereocenters. The lowest BCUT2D eigenvalue weighted by Gasteiger charge is -2.13. The van der Waals surface area contributed by atoms with Crippen LogP contribution in [-0.4, -0.2) is 35.3 Å². The number of nitrogens with zero attached hydrogens (tertiary/aromatic N) is 1. The molecule has 0 saturated carbocycles. The summed E-state index contributed by atoms with van der Waals surface area (Å²) in [6, 6.07) is 4.56. The van der Waals surface area contributed by atoms with Gasteiger partial charge in [-0.2, -0.15) is 0 Å². The summed E-state index contributed by atoms with van der Waals surface area (Å²) < 4.78 is 5.11.